The highest BCUT2D eigenvalue weighted by atomic mass is 35.5. The molecule has 0 radical (unpaired) electrons. The summed E-state index contributed by atoms with van der Waals surface area (Å²) in [5, 5.41) is 2.48. The fraction of sp³-hybridized carbons (Fsp3) is 0.727. The van der Waals surface area contributed by atoms with Crippen LogP contribution in [-0.4, -0.2) is 36.1 Å². The normalized spacial score (nSPS) is 18.3. The second-order valence-electron chi connectivity index (χ2n) is 4.47. The zero-order valence-electron chi connectivity index (χ0n) is 10.5. The van der Waals surface area contributed by atoms with Crippen LogP contribution in [-0.2, 0) is 12.7 Å². The van der Waals surface area contributed by atoms with Gasteiger partial charge in [-0.2, -0.15) is 13.2 Å². The van der Waals surface area contributed by atoms with Gasteiger partial charge in [0.15, 0.2) is 5.01 Å². The van der Waals surface area contributed by atoms with Crippen LogP contribution < -0.4 is 5.32 Å². The van der Waals surface area contributed by atoms with Crippen LogP contribution in [0.1, 0.15) is 22.7 Å². The van der Waals surface area contributed by atoms with E-state index in [9.17, 15) is 13.2 Å². The van der Waals surface area contributed by atoms with E-state index >= 15 is 0 Å². The Kier molecular flexibility index (Phi) is 6.04. The van der Waals surface area contributed by atoms with Gasteiger partial charge in [0.25, 0.3) is 0 Å². The number of halogens is 4. The van der Waals surface area contributed by atoms with Gasteiger partial charge >= 0.3 is 6.18 Å². The van der Waals surface area contributed by atoms with Gasteiger partial charge in [-0.3, -0.25) is 4.90 Å². The predicted octanol–water partition coefficient (Wildman–Crippen LogP) is 2.77. The third-order valence-electron chi connectivity index (χ3n) is 3.17. The summed E-state index contributed by atoms with van der Waals surface area (Å²) in [6.45, 7) is 2.42. The molecule has 0 aliphatic carbocycles. The lowest BCUT2D eigenvalue weighted by atomic mass is 10.1. The lowest BCUT2D eigenvalue weighted by molar-refractivity contribution is -0.137. The van der Waals surface area contributed by atoms with Gasteiger partial charge in [0.05, 0.1) is 0 Å². The van der Waals surface area contributed by atoms with Crippen molar-refractivity contribution in [1.82, 2.24) is 15.2 Å². The Balaban J connectivity index is 0.00000180. The molecule has 8 heteroatoms. The molecule has 1 fully saturated rings. The Morgan fingerprint density at radius 2 is 2.05 bits per heavy atom. The van der Waals surface area contributed by atoms with E-state index in [4.69, 9.17) is 0 Å². The molecule has 2 heterocycles. The van der Waals surface area contributed by atoms with Crippen molar-refractivity contribution in [1.29, 1.82) is 0 Å². The number of nitrogens with zero attached hydrogens (tertiary/aromatic N) is 2. The van der Waals surface area contributed by atoms with Gasteiger partial charge in [-0.15, -0.1) is 23.7 Å². The molecule has 1 aliphatic heterocycles. The zero-order chi connectivity index (χ0) is 13.2. The van der Waals surface area contributed by atoms with Crippen LogP contribution in [0.4, 0.5) is 13.2 Å². The van der Waals surface area contributed by atoms with Crippen molar-refractivity contribution in [2.75, 3.05) is 20.1 Å². The molecule has 3 nitrogen and oxygen atoms in total. The molecule has 0 saturated carbocycles. The molecule has 0 amide bonds. The third kappa shape index (κ3) is 4.59. The molecule has 1 N–H and O–H groups in total. The topological polar surface area (TPSA) is 28.2 Å². The van der Waals surface area contributed by atoms with E-state index in [0.717, 1.165) is 37.3 Å². The molecule has 1 aliphatic rings. The van der Waals surface area contributed by atoms with Crippen molar-refractivity contribution in [2.24, 2.45) is 0 Å². The van der Waals surface area contributed by atoms with Crippen LogP contribution in [0, 0.1) is 0 Å². The molecule has 0 aromatic carbocycles. The smallest absolute Gasteiger partial charge is 0.317 e. The molecule has 0 atom stereocenters. The Labute approximate surface area is 120 Å². The first-order chi connectivity index (χ1) is 8.49. The van der Waals surface area contributed by atoms with E-state index in [1.807, 2.05) is 7.05 Å². The number of thiazole rings is 1. The standard InChI is InChI=1S/C11H16F3N3S.ClH/c1-15-8-2-4-17(5-3-8)7-9-6-16-10(18-9)11(12,13)14;/h6,8,15H,2-5,7H2,1H3;1H. The molecule has 1 aromatic heterocycles. The van der Waals surface area contributed by atoms with Gasteiger partial charge in [0.1, 0.15) is 0 Å². The lowest BCUT2D eigenvalue weighted by Gasteiger charge is -2.31. The van der Waals surface area contributed by atoms with E-state index < -0.39 is 11.2 Å². The average molecular weight is 316 g/mol. The Bertz CT molecular complexity index is 389. The summed E-state index contributed by atoms with van der Waals surface area (Å²) in [6, 6.07) is 0.536. The average Bonchev–Trinajstić information content (AvgIpc) is 2.78. The van der Waals surface area contributed by atoms with Crippen molar-refractivity contribution >= 4 is 23.7 Å². The summed E-state index contributed by atoms with van der Waals surface area (Å²) >= 11 is 0.747. The molecule has 2 rings (SSSR count). The van der Waals surface area contributed by atoms with Gasteiger partial charge < -0.3 is 5.32 Å². The fourth-order valence-electron chi connectivity index (χ4n) is 2.11. The quantitative estimate of drug-likeness (QED) is 0.929. The number of hydrogen-bond acceptors (Lipinski definition) is 4. The van der Waals surface area contributed by atoms with Crippen molar-refractivity contribution in [2.45, 2.75) is 31.6 Å². The van der Waals surface area contributed by atoms with E-state index in [0.29, 0.717) is 17.5 Å². The zero-order valence-corrected chi connectivity index (χ0v) is 12.2. The summed E-state index contributed by atoms with van der Waals surface area (Å²) < 4.78 is 37.2. The number of likely N-dealkylation sites (tertiary alicyclic amines) is 1. The minimum Gasteiger partial charge on any atom is -0.317 e. The number of piperidine rings is 1. The number of alkyl halides is 3. The maximum absolute atomic E-state index is 12.4. The highest BCUT2D eigenvalue weighted by Crippen LogP contribution is 2.32. The second-order valence-corrected chi connectivity index (χ2v) is 5.58. The number of hydrogen-bond donors (Lipinski definition) is 1. The molecule has 1 aromatic rings. The van der Waals surface area contributed by atoms with Gasteiger partial charge in [-0.1, -0.05) is 0 Å². The van der Waals surface area contributed by atoms with E-state index in [1.165, 1.54) is 6.20 Å². The van der Waals surface area contributed by atoms with Crippen LogP contribution in [0.15, 0.2) is 6.20 Å². The molecular formula is C11H17ClF3N3S. The van der Waals surface area contributed by atoms with Crippen LogP contribution in [0.2, 0.25) is 0 Å². The Hall–Kier alpha value is -0.370. The SMILES string of the molecule is CNC1CCN(Cc2cnc(C(F)(F)F)s2)CC1.Cl. The molecule has 0 bridgehead atoms. The first-order valence-corrected chi connectivity index (χ1v) is 6.72. The number of rotatable bonds is 3. The highest BCUT2D eigenvalue weighted by Gasteiger charge is 2.34. The van der Waals surface area contributed by atoms with Gasteiger partial charge in [-0.25, -0.2) is 4.98 Å². The third-order valence-corrected chi connectivity index (χ3v) is 4.20. The maximum atomic E-state index is 12.4. The maximum Gasteiger partial charge on any atom is 0.443 e. The van der Waals surface area contributed by atoms with Crippen LogP contribution in [0.3, 0.4) is 0 Å². The predicted molar refractivity (Wildman–Crippen MR) is 71.7 cm³/mol. The molecular weight excluding hydrogens is 299 g/mol. The first kappa shape index (κ1) is 16.7. The van der Waals surface area contributed by atoms with Gasteiger partial charge in [0, 0.05) is 23.7 Å². The highest BCUT2D eigenvalue weighted by molar-refractivity contribution is 7.11. The first-order valence-electron chi connectivity index (χ1n) is 5.90. The minimum absolute atomic E-state index is 0. The van der Waals surface area contributed by atoms with Crippen LogP contribution >= 0.6 is 23.7 Å². The molecule has 0 unspecified atom stereocenters. The molecule has 110 valence electrons. The van der Waals surface area contributed by atoms with E-state index in [1.54, 1.807) is 0 Å². The van der Waals surface area contributed by atoms with E-state index in [2.05, 4.69) is 15.2 Å². The minimum atomic E-state index is -4.32. The largest absolute Gasteiger partial charge is 0.443 e. The molecule has 19 heavy (non-hydrogen) atoms. The summed E-state index contributed by atoms with van der Waals surface area (Å²) in [6.07, 6.45) is -0.886. The summed E-state index contributed by atoms with van der Waals surface area (Å²) in [7, 11) is 1.94. The summed E-state index contributed by atoms with van der Waals surface area (Å²) in [5.74, 6) is 0. The van der Waals surface area contributed by atoms with Crippen molar-refractivity contribution in [3.8, 4) is 0 Å². The monoisotopic (exact) mass is 315 g/mol. The number of aromatic nitrogens is 1. The lowest BCUT2D eigenvalue weighted by Crippen LogP contribution is -2.40. The van der Waals surface area contributed by atoms with Crippen LogP contribution in [0.25, 0.3) is 0 Å². The van der Waals surface area contributed by atoms with Gasteiger partial charge in [-0.05, 0) is 33.0 Å². The molecule has 1 saturated heterocycles. The van der Waals surface area contributed by atoms with Crippen molar-refractivity contribution in [3.05, 3.63) is 16.1 Å². The summed E-state index contributed by atoms with van der Waals surface area (Å²) in [5.41, 5.74) is 0. The van der Waals surface area contributed by atoms with Crippen LogP contribution in [0.5, 0.6) is 0 Å². The molecule has 0 spiro atoms. The van der Waals surface area contributed by atoms with Crippen molar-refractivity contribution in [3.63, 3.8) is 0 Å². The van der Waals surface area contributed by atoms with Crippen molar-refractivity contribution < 1.29 is 13.2 Å². The second kappa shape index (κ2) is 6.88. The number of nitrogens with one attached hydrogen (secondary N) is 1. The van der Waals surface area contributed by atoms with Gasteiger partial charge in [0.2, 0.25) is 0 Å². The summed E-state index contributed by atoms with van der Waals surface area (Å²) in [4.78, 5) is 6.31. The van der Waals surface area contributed by atoms with E-state index in [-0.39, 0.29) is 12.4 Å². The Morgan fingerprint density at radius 3 is 2.53 bits per heavy atom. The fourth-order valence-corrected chi connectivity index (χ4v) is 2.93. The Morgan fingerprint density at radius 1 is 1.42 bits per heavy atom.